The zero-order chi connectivity index (χ0) is 17.9. The quantitative estimate of drug-likeness (QED) is 0.726. The summed E-state index contributed by atoms with van der Waals surface area (Å²) in [6, 6.07) is 4.93. The van der Waals surface area contributed by atoms with Crippen LogP contribution in [-0.2, 0) is 10.0 Å². The molecule has 0 spiro atoms. The van der Waals surface area contributed by atoms with Gasteiger partial charge in [-0.25, -0.2) is 8.42 Å². The van der Waals surface area contributed by atoms with Crippen LogP contribution in [0, 0.1) is 6.92 Å². The van der Waals surface area contributed by atoms with Crippen LogP contribution in [0.5, 0.6) is 0 Å². The highest BCUT2D eigenvalue weighted by atomic mass is 35.5. The first-order chi connectivity index (χ1) is 12.0. The lowest BCUT2D eigenvalue weighted by Crippen LogP contribution is -2.48. The Hall–Kier alpha value is -0.880. The van der Waals surface area contributed by atoms with Crippen molar-refractivity contribution in [3.63, 3.8) is 0 Å². The molecule has 1 fully saturated rings. The van der Waals surface area contributed by atoms with E-state index in [-0.39, 0.29) is 0 Å². The molecule has 6 heteroatoms. The summed E-state index contributed by atoms with van der Waals surface area (Å²) in [4.78, 5) is 2.73. The van der Waals surface area contributed by atoms with Crippen molar-refractivity contribution < 1.29 is 8.42 Å². The van der Waals surface area contributed by atoms with E-state index < -0.39 is 10.0 Å². The Labute approximate surface area is 156 Å². The van der Waals surface area contributed by atoms with E-state index in [0.29, 0.717) is 23.0 Å². The van der Waals surface area contributed by atoms with Crippen molar-refractivity contribution in [3.05, 3.63) is 40.4 Å². The topological polar surface area (TPSA) is 40.6 Å². The standard InChI is InChI=1S/C19H27ClN2O2S/c1-16-15-18(7-8-19(16)20)25(23,24)22-13-11-21(12-14-22)10-9-17-5-3-2-4-6-17/h5,7-8,15H,2-4,6,9-14H2,1H3. The van der Waals surface area contributed by atoms with Crippen LogP contribution in [-0.4, -0.2) is 50.3 Å². The fourth-order valence-corrected chi connectivity index (χ4v) is 5.18. The van der Waals surface area contributed by atoms with E-state index in [4.69, 9.17) is 11.6 Å². The van der Waals surface area contributed by atoms with E-state index >= 15 is 0 Å². The number of aryl methyl sites for hydroxylation is 1. The van der Waals surface area contributed by atoms with Crippen molar-refractivity contribution in [2.24, 2.45) is 0 Å². The Morgan fingerprint density at radius 3 is 2.52 bits per heavy atom. The number of piperazine rings is 1. The van der Waals surface area contributed by atoms with Gasteiger partial charge in [-0.05, 0) is 62.8 Å². The minimum atomic E-state index is -3.42. The van der Waals surface area contributed by atoms with Crippen molar-refractivity contribution in [2.45, 2.75) is 43.9 Å². The highest BCUT2D eigenvalue weighted by molar-refractivity contribution is 7.89. The molecule has 1 aliphatic carbocycles. The minimum absolute atomic E-state index is 0.343. The number of halogens is 1. The first kappa shape index (κ1) is 18.9. The lowest BCUT2D eigenvalue weighted by molar-refractivity contribution is 0.189. The van der Waals surface area contributed by atoms with E-state index in [1.165, 1.54) is 25.7 Å². The van der Waals surface area contributed by atoms with Gasteiger partial charge in [-0.1, -0.05) is 23.3 Å². The van der Waals surface area contributed by atoms with Gasteiger partial charge < -0.3 is 4.90 Å². The summed E-state index contributed by atoms with van der Waals surface area (Å²) in [5, 5.41) is 0.598. The van der Waals surface area contributed by atoms with Crippen molar-refractivity contribution in [1.29, 1.82) is 0 Å². The minimum Gasteiger partial charge on any atom is -0.300 e. The smallest absolute Gasteiger partial charge is 0.243 e. The maximum atomic E-state index is 12.8. The molecule has 0 N–H and O–H groups in total. The fourth-order valence-electron chi connectivity index (χ4n) is 3.55. The molecule has 0 unspecified atom stereocenters. The Morgan fingerprint density at radius 1 is 1.12 bits per heavy atom. The molecule has 0 bridgehead atoms. The summed E-state index contributed by atoms with van der Waals surface area (Å²) in [6.45, 7) is 5.60. The molecule has 0 aromatic heterocycles. The Kier molecular flexibility index (Phi) is 6.21. The maximum absolute atomic E-state index is 12.8. The third kappa shape index (κ3) is 4.64. The molecular weight excluding hydrogens is 356 g/mol. The molecule has 0 amide bonds. The molecule has 4 nitrogen and oxygen atoms in total. The zero-order valence-electron chi connectivity index (χ0n) is 14.9. The van der Waals surface area contributed by atoms with Crippen LogP contribution in [0.2, 0.25) is 5.02 Å². The van der Waals surface area contributed by atoms with E-state index in [2.05, 4.69) is 11.0 Å². The van der Waals surface area contributed by atoms with Gasteiger partial charge in [0.05, 0.1) is 4.90 Å². The van der Waals surface area contributed by atoms with Crippen LogP contribution >= 0.6 is 11.6 Å². The second-order valence-electron chi connectivity index (χ2n) is 7.01. The number of allylic oxidation sites excluding steroid dienone is 1. The second kappa shape index (κ2) is 8.21. The third-order valence-electron chi connectivity index (χ3n) is 5.23. The number of sulfonamides is 1. The maximum Gasteiger partial charge on any atom is 0.243 e. The highest BCUT2D eigenvalue weighted by Gasteiger charge is 2.28. The number of benzene rings is 1. The van der Waals surface area contributed by atoms with Crippen molar-refractivity contribution >= 4 is 21.6 Å². The summed E-state index contributed by atoms with van der Waals surface area (Å²) in [5.41, 5.74) is 2.38. The molecule has 1 aromatic carbocycles. The average molecular weight is 383 g/mol. The van der Waals surface area contributed by atoms with Crippen LogP contribution < -0.4 is 0 Å². The Bertz CT molecular complexity index is 738. The van der Waals surface area contributed by atoms with Crippen LogP contribution in [0.4, 0.5) is 0 Å². The molecule has 1 aromatic rings. The van der Waals surface area contributed by atoms with Crippen molar-refractivity contribution in [2.75, 3.05) is 32.7 Å². The predicted molar refractivity (Wildman–Crippen MR) is 103 cm³/mol. The van der Waals surface area contributed by atoms with Gasteiger partial charge in [-0.3, -0.25) is 0 Å². The summed E-state index contributed by atoms with van der Waals surface area (Å²) in [6.07, 6.45) is 8.63. The third-order valence-corrected chi connectivity index (χ3v) is 7.55. The lowest BCUT2D eigenvalue weighted by Gasteiger charge is -2.34. The summed E-state index contributed by atoms with van der Waals surface area (Å²) < 4.78 is 27.2. The van der Waals surface area contributed by atoms with Crippen LogP contribution in [0.1, 0.15) is 37.7 Å². The molecule has 2 aliphatic rings. The first-order valence-electron chi connectivity index (χ1n) is 9.13. The molecule has 0 saturated carbocycles. The molecule has 1 heterocycles. The van der Waals surface area contributed by atoms with E-state index in [1.807, 2.05) is 6.92 Å². The molecule has 3 rings (SSSR count). The molecule has 0 atom stereocenters. The average Bonchev–Trinajstić information content (AvgIpc) is 2.63. The van der Waals surface area contributed by atoms with Gasteiger partial charge in [0.25, 0.3) is 0 Å². The molecular formula is C19H27ClN2O2S. The van der Waals surface area contributed by atoms with E-state index in [9.17, 15) is 8.42 Å². The summed E-state index contributed by atoms with van der Waals surface area (Å²) in [7, 11) is -3.42. The van der Waals surface area contributed by atoms with E-state index in [1.54, 1.807) is 28.1 Å². The van der Waals surface area contributed by atoms with Gasteiger partial charge in [-0.2, -0.15) is 4.31 Å². The molecule has 25 heavy (non-hydrogen) atoms. The molecule has 0 radical (unpaired) electrons. The van der Waals surface area contributed by atoms with Crippen LogP contribution in [0.25, 0.3) is 0 Å². The fraction of sp³-hybridized carbons (Fsp3) is 0.579. The number of hydrogen-bond donors (Lipinski definition) is 0. The van der Waals surface area contributed by atoms with Gasteiger partial charge >= 0.3 is 0 Å². The number of nitrogens with zero attached hydrogens (tertiary/aromatic N) is 2. The Balaban J connectivity index is 1.55. The molecule has 1 aliphatic heterocycles. The van der Waals surface area contributed by atoms with Gasteiger partial charge in [0, 0.05) is 37.7 Å². The van der Waals surface area contributed by atoms with E-state index in [0.717, 1.165) is 31.6 Å². The predicted octanol–water partition coefficient (Wildman–Crippen LogP) is 3.85. The monoisotopic (exact) mass is 382 g/mol. The normalized spacial score (nSPS) is 20.5. The van der Waals surface area contributed by atoms with Crippen LogP contribution in [0.15, 0.2) is 34.7 Å². The lowest BCUT2D eigenvalue weighted by atomic mass is 9.97. The SMILES string of the molecule is Cc1cc(S(=O)(=O)N2CCN(CCC3=CCCCC3)CC2)ccc1Cl. The Morgan fingerprint density at radius 2 is 1.88 bits per heavy atom. The van der Waals surface area contributed by atoms with Crippen molar-refractivity contribution in [3.8, 4) is 0 Å². The zero-order valence-corrected chi connectivity index (χ0v) is 16.5. The summed E-state index contributed by atoms with van der Waals surface area (Å²) in [5.74, 6) is 0. The first-order valence-corrected chi connectivity index (χ1v) is 11.0. The number of rotatable bonds is 5. The molecule has 1 saturated heterocycles. The van der Waals surface area contributed by atoms with Gasteiger partial charge in [0.1, 0.15) is 0 Å². The molecule has 138 valence electrons. The van der Waals surface area contributed by atoms with Crippen LogP contribution in [0.3, 0.4) is 0 Å². The van der Waals surface area contributed by atoms with Gasteiger partial charge in [0.15, 0.2) is 0 Å². The highest BCUT2D eigenvalue weighted by Crippen LogP contribution is 2.24. The largest absolute Gasteiger partial charge is 0.300 e. The van der Waals surface area contributed by atoms with Gasteiger partial charge in [-0.15, -0.1) is 0 Å². The van der Waals surface area contributed by atoms with Gasteiger partial charge in [0.2, 0.25) is 10.0 Å². The second-order valence-corrected chi connectivity index (χ2v) is 9.36. The summed E-state index contributed by atoms with van der Waals surface area (Å²) >= 11 is 6.01. The number of hydrogen-bond acceptors (Lipinski definition) is 3. The van der Waals surface area contributed by atoms with Crippen molar-refractivity contribution in [1.82, 2.24) is 9.21 Å².